The SMILES string of the molecule is O[C@@H]1[C@H](O)[C@@H](O)c2c(ccc3c2ccc2ccccc23)[C@H]1O. The van der Waals surface area contributed by atoms with Gasteiger partial charge in [0.1, 0.15) is 24.4 Å². The van der Waals surface area contributed by atoms with Crippen LogP contribution in [0, 0.1) is 0 Å². The van der Waals surface area contributed by atoms with E-state index in [1.807, 2.05) is 42.5 Å². The van der Waals surface area contributed by atoms with Crippen LogP contribution in [0.1, 0.15) is 23.3 Å². The molecule has 3 aromatic rings. The smallest absolute Gasteiger partial charge is 0.113 e. The predicted molar refractivity (Wildman–Crippen MR) is 83.4 cm³/mol. The lowest BCUT2D eigenvalue weighted by atomic mass is 9.80. The summed E-state index contributed by atoms with van der Waals surface area (Å²) in [6, 6.07) is 15.4. The Labute approximate surface area is 126 Å². The summed E-state index contributed by atoms with van der Waals surface area (Å²) in [5.41, 5.74) is 0.960. The molecule has 0 amide bonds. The second kappa shape index (κ2) is 4.76. The Bertz CT molecular complexity index is 873. The predicted octanol–water partition coefficient (Wildman–Crippen LogP) is 1.80. The Kier molecular flexibility index (Phi) is 2.96. The van der Waals surface area contributed by atoms with E-state index in [1.54, 1.807) is 6.07 Å². The number of benzene rings is 3. The molecule has 0 bridgehead atoms. The molecule has 1 aliphatic carbocycles. The van der Waals surface area contributed by atoms with Gasteiger partial charge in [0.25, 0.3) is 0 Å². The van der Waals surface area contributed by atoms with Gasteiger partial charge in [0.15, 0.2) is 0 Å². The van der Waals surface area contributed by atoms with Gasteiger partial charge in [0, 0.05) is 0 Å². The van der Waals surface area contributed by atoms with Crippen LogP contribution in [-0.2, 0) is 0 Å². The van der Waals surface area contributed by atoms with Crippen molar-refractivity contribution >= 4 is 21.5 Å². The lowest BCUT2D eigenvalue weighted by Crippen LogP contribution is -2.41. The van der Waals surface area contributed by atoms with Crippen molar-refractivity contribution in [3.05, 3.63) is 59.7 Å². The molecular formula is C18H16O4. The van der Waals surface area contributed by atoms with Crippen LogP contribution < -0.4 is 0 Å². The van der Waals surface area contributed by atoms with Crippen molar-refractivity contribution in [3.63, 3.8) is 0 Å². The zero-order chi connectivity index (χ0) is 15.4. The number of aliphatic hydroxyl groups excluding tert-OH is 4. The molecule has 4 atom stereocenters. The van der Waals surface area contributed by atoms with E-state index in [0.29, 0.717) is 11.1 Å². The third kappa shape index (κ3) is 1.72. The zero-order valence-corrected chi connectivity index (χ0v) is 11.7. The van der Waals surface area contributed by atoms with Gasteiger partial charge in [-0.2, -0.15) is 0 Å². The molecule has 0 heterocycles. The molecule has 1 aliphatic rings. The van der Waals surface area contributed by atoms with Gasteiger partial charge in [-0.25, -0.2) is 0 Å². The molecule has 0 unspecified atom stereocenters. The maximum absolute atomic E-state index is 10.4. The van der Waals surface area contributed by atoms with Crippen LogP contribution >= 0.6 is 0 Å². The maximum atomic E-state index is 10.4. The first-order valence-electron chi connectivity index (χ1n) is 7.26. The van der Waals surface area contributed by atoms with E-state index in [-0.39, 0.29) is 0 Å². The molecule has 0 saturated carbocycles. The fraction of sp³-hybridized carbons (Fsp3) is 0.222. The van der Waals surface area contributed by atoms with Crippen molar-refractivity contribution in [2.75, 3.05) is 0 Å². The van der Waals surface area contributed by atoms with Gasteiger partial charge < -0.3 is 20.4 Å². The van der Waals surface area contributed by atoms with E-state index in [1.165, 1.54) is 0 Å². The second-order valence-electron chi connectivity index (χ2n) is 5.82. The Balaban J connectivity index is 2.10. The standard InChI is InChI=1S/C18H16O4/c19-15-13-8-7-11-10-4-2-1-3-9(10)5-6-12(11)14(13)16(20)18(22)17(15)21/h1-8,15-22H/t15-,16+,17+,18-/m1/s1. The first kappa shape index (κ1) is 13.7. The third-order valence-electron chi connectivity index (χ3n) is 4.61. The van der Waals surface area contributed by atoms with Crippen LogP contribution in [0.4, 0.5) is 0 Å². The van der Waals surface area contributed by atoms with Crippen molar-refractivity contribution in [2.45, 2.75) is 24.4 Å². The molecule has 4 heteroatoms. The molecule has 4 N–H and O–H groups in total. The van der Waals surface area contributed by atoms with Gasteiger partial charge in [-0.1, -0.05) is 48.5 Å². The summed E-state index contributed by atoms with van der Waals surface area (Å²) in [7, 11) is 0. The van der Waals surface area contributed by atoms with Gasteiger partial charge in [-0.15, -0.1) is 0 Å². The zero-order valence-electron chi connectivity index (χ0n) is 11.7. The van der Waals surface area contributed by atoms with Gasteiger partial charge in [-0.05, 0) is 32.7 Å². The minimum Gasteiger partial charge on any atom is -0.387 e. The van der Waals surface area contributed by atoms with Crippen molar-refractivity contribution in [3.8, 4) is 0 Å². The van der Waals surface area contributed by atoms with Gasteiger partial charge in [0.05, 0.1) is 0 Å². The fourth-order valence-corrected chi connectivity index (χ4v) is 3.44. The van der Waals surface area contributed by atoms with E-state index < -0.39 is 24.4 Å². The van der Waals surface area contributed by atoms with Crippen LogP contribution in [0.3, 0.4) is 0 Å². The quantitative estimate of drug-likeness (QED) is 0.477. The molecule has 0 fully saturated rings. The number of rotatable bonds is 0. The molecule has 22 heavy (non-hydrogen) atoms. The topological polar surface area (TPSA) is 80.9 Å². The number of hydrogen-bond donors (Lipinski definition) is 4. The minimum atomic E-state index is -1.40. The largest absolute Gasteiger partial charge is 0.387 e. The summed E-state index contributed by atoms with van der Waals surface area (Å²) < 4.78 is 0. The summed E-state index contributed by atoms with van der Waals surface area (Å²) in [6.45, 7) is 0. The lowest BCUT2D eigenvalue weighted by molar-refractivity contribution is -0.119. The molecule has 4 rings (SSSR count). The average Bonchev–Trinajstić information content (AvgIpc) is 2.56. The Morgan fingerprint density at radius 2 is 1.27 bits per heavy atom. The molecular weight excluding hydrogens is 280 g/mol. The van der Waals surface area contributed by atoms with Gasteiger partial charge in [-0.3, -0.25) is 0 Å². The van der Waals surface area contributed by atoms with Crippen LogP contribution in [-0.4, -0.2) is 32.6 Å². The van der Waals surface area contributed by atoms with E-state index in [4.69, 9.17) is 0 Å². The fourth-order valence-electron chi connectivity index (χ4n) is 3.44. The highest BCUT2D eigenvalue weighted by molar-refractivity contribution is 6.08. The van der Waals surface area contributed by atoms with E-state index in [0.717, 1.165) is 21.5 Å². The summed E-state index contributed by atoms with van der Waals surface area (Å²) in [5.74, 6) is 0. The molecule has 0 radical (unpaired) electrons. The Hall–Kier alpha value is -1.98. The lowest BCUT2D eigenvalue weighted by Gasteiger charge is -2.35. The minimum absolute atomic E-state index is 0.466. The first-order chi connectivity index (χ1) is 10.6. The molecule has 4 nitrogen and oxygen atoms in total. The van der Waals surface area contributed by atoms with Crippen molar-refractivity contribution in [1.29, 1.82) is 0 Å². The first-order valence-corrected chi connectivity index (χ1v) is 7.26. The van der Waals surface area contributed by atoms with Crippen molar-refractivity contribution in [1.82, 2.24) is 0 Å². The van der Waals surface area contributed by atoms with Crippen LogP contribution in [0.25, 0.3) is 21.5 Å². The monoisotopic (exact) mass is 296 g/mol. The molecule has 0 aliphatic heterocycles. The molecule has 0 aromatic heterocycles. The van der Waals surface area contributed by atoms with Crippen LogP contribution in [0.15, 0.2) is 48.5 Å². The highest BCUT2D eigenvalue weighted by Crippen LogP contribution is 2.42. The highest BCUT2D eigenvalue weighted by atomic mass is 16.4. The summed E-state index contributed by atoms with van der Waals surface area (Å²) >= 11 is 0. The number of hydrogen-bond acceptors (Lipinski definition) is 4. The molecule has 3 aromatic carbocycles. The van der Waals surface area contributed by atoms with Crippen molar-refractivity contribution < 1.29 is 20.4 Å². The van der Waals surface area contributed by atoms with E-state index >= 15 is 0 Å². The Morgan fingerprint density at radius 3 is 2.09 bits per heavy atom. The van der Waals surface area contributed by atoms with Crippen LogP contribution in [0.2, 0.25) is 0 Å². The van der Waals surface area contributed by atoms with E-state index in [2.05, 4.69) is 0 Å². The second-order valence-corrected chi connectivity index (χ2v) is 5.82. The summed E-state index contributed by atoms with van der Waals surface area (Å²) in [5, 5.41) is 44.2. The molecule has 112 valence electrons. The average molecular weight is 296 g/mol. The summed E-state index contributed by atoms with van der Waals surface area (Å²) in [6.07, 6.45) is -5.22. The van der Waals surface area contributed by atoms with Gasteiger partial charge in [0.2, 0.25) is 0 Å². The van der Waals surface area contributed by atoms with Crippen molar-refractivity contribution in [2.24, 2.45) is 0 Å². The van der Waals surface area contributed by atoms with Crippen LogP contribution in [0.5, 0.6) is 0 Å². The molecule has 0 saturated heterocycles. The number of fused-ring (bicyclic) bond motifs is 5. The Morgan fingerprint density at radius 1 is 0.591 bits per heavy atom. The normalized spacial score (nSPS) is 28.0. The third-order valence-corrected chi connectivity index (χ3v) is 4.61. The maximum Gasteiger partial charge on any atom is 0.113 e. The van der Waals surface area contributed by atoms with E-state index in [9.17, 15) is 20.4 Å². The molecule has 0 spiro atoms. The number of aliphatic hydroxyl groups is 4. The highest BCUT2D eigenvalue weighted by Gasteiger charge is 2.40. The summed E-state index contributed by atoms with van der Waals surface area (Å²) in [4.78, 5) is 0. The van der Waals surface area contributed by atoms with Gasteiger partial charge >= 0.3 is 0 Å².